The van der Waals surface area contributed by atoms with Crippen molar-refractivity contribution in [2.75, 3.05) is 6.61 Å². The Morgan fingerprint density at radius 2 is 1.84 bits per heavy atom. The molecule has 2 aliphatic rings. The van der Waals surface area contributed by atoms with Gasteiger partial charge in [0.25, 0.3) is 5.91 Å². The monoisotopic (exact) mass is 343 g/mol. The molecule has 0 saturated heterocycles. The maximum absolute atomic E-state index is 12.1. The Bertz CT molecular complexity index is 593. The third kappa shape index (κ3) is 5.32. The number of nitrogens with one attached hydrogen (secondary N) is 1. The molecule has 1 N–H and O–H groups in total. The van der Waals surface area contributed by atoms with Gasteiger partial charge in [0, 0.05) is 6.42 Å². The van der Waals surface area contributed by atoms with Crippen LogP contribution in [0.2, 0.25) is 0 Å². The second kappa shape index (κ2) is 9.02. The first-order chi connectivity index (χ1) is 12.2. The Morgan fingerprint density at radius 1 is 1.04 bits per heavy atom. The van der Waals surface area contributed by atoms with E-state index in [1.165, 1.54) is 43.2 Å². The van der Waals surface area contributed by atoms with E-state index in [0.29, 0.717) is 12.3 Å². The van der Waals surface area contributed by atoms with Crippen molar-refractivity contribution in [3.8, 4) is 0 Å². The van der Waals surface area contributed by atoms with Gasteiger partial charge in [-0.25, -0.2) is 0 Å². The Kier molecular flexibility index (Phi) is 6.48. The Morgan fingerprint density at radius 3 is 2.68 bits per heavy atom. The number of rotatable bonds is 6. The lowest BCUT2D eigenvalue weighted by Crippen LogP contribution is -2.34. The van der Waals surface area contributed by atoms with Gasteiger partial charge in [0.1, 0.15) is 0 Å². The first-order valence-corrected chi connectivity index (χ1v) is 9.75. The molecule has 1 saturated carbocycles. The summed E-state index contributed by atoms with van der Waals surface area (Å²) in [5.74, 6) is 0.214. The predicted molar refractivity (Wildman–Crippen MR) is 97.0 cm³/mol. The van der Waals surface area contributed by atoms with Gasteiger partial charge in [0.2, 0.25) is 0 Å². The molecule has 0 unspecified atom stereocenters. The lowest BCUT2D eigenvalue weighted by molar-refractivity contribution is -0.149. The summed E-state index contributed by atoms with van der Waals surface area (Å²) in [5, 5.41) is 3.02. The fourth-order valence-electron chi connectivity index (χ4n) is 4.16. The molecule has 3 rings (SSSR count). The lowest BCUT2D eigenvalue weighted by Gasteiger charge is -2.26. The Balaban J connectivity index is 1.39. The normalized spacial score (nSPS) is 20.6. The molecule has 4 heteroatoms. The summed E-state index contributed by atoms with van der Waals surface area (Å²) >= 11 is 0. The molecular formula is C21H29NO3. The lowest BCUT2D eigenvalue weighted by atomic mass is 9.86. The molecule has 0 heterocycles. The van der Waals surface area contributed by atoms with Crippen LogP contribution in [0.1, 0.15) is 75.0 Å². The number of fused-ring (bicyclic) bond motifs is 1. The van der Waals surface area contributed by atoms with Crippen molar-refractivity contribution < 1.29 is 14.3 Å². The zero-order chi connectivity index (χ0) is 17.5. The average Bonchev–Trinajstić information content (AvgIpc) is 2.66. The van der Waals surface area contributed by atoms with Gasteiger partial charge in [0.15, 0.2) is 6.61 Å². The highest BCUT2D eigenvalue weighted by atomic mass is 16.5. The van der Waals surface area contributed by atoms with Crippen LogP contribution in [0.15, 0.2) is 24.3 Å². The SMILES string of the molecule is O=C(COC(=O)CCC1CCCCC1)N[C@H]1CCCc2ccccc21. The first kappa shape index (κ1) is 18.0. The highest BCUT2D eigenvalue weighted by Crippen LogP contribution is 2.29. The standard InChI is InChI=1S/C21H29NO3/c23-20(15-25-21(24)14-13-16-7-2-1-3-8-16)22-19-12-6-10-17-9-4-5-11-18(17)19/h4-5,9,11,16,19H,1-3,6-8,10,12-15H2,(H,22,23)/t19-/m0/s1. The zero-order valence-electron chi connectivity index (χ0n) is 15.0. The molecule has 1 fully saturated rings. The molecule has 1 aromatic carbocycles. The molecule has 0 aromatic heterocycles. The third-order valence-corrected chi connectivity index (χ3v) is 5.55. The summed E-state index contributed by atoms with van der Waals surface area (Å²) in [6.07, 6.45) is 10.8. The van der Waals surface area contributed by atoms with Gasteiger partial charge in [-0.3, -0.25) is 9.59 Å². The molecule has 0 radical (unpaired) electrons. The van der Waals surface area contributed by atoms with Gasteiger partial charge in [-0.1, -0.05) is 56.4 Å². The van der Waals surface area contributed by atoms with Crippen molar-refractivity contribution >= 4 is 11.9 Å². The van der Waals surface area contributed by atoms with E-state index in [1.807, 2.05) is 12.1 Å². The molecule has 136 valence electrons. The molecule has 25 heavy (non-hydrogen) atoms. The number of carbonyl (C=O) groups is 2. The molecule has 0 aliphatic heterocycles. The van der Waals surface area contributed by atoms with Gasteiger partial charge in [0.05, 0.1) is 6.04 Å². The van der Waals surface area contributed by atoms with Gasteiger partial charge >= 0.3 is 5.97 Å². The topological polar surface area (TPSA) is 55.4 Å². The number of carbonyl (C=O) groups excluding carboxylic acids is 2. The zero-order valence-corrected chi connectivity index (χ0v) is 15.0. The summed E-state index contributed by atoms with van der Waals surface area (Å²) in [7, 11) is 0. The van der Waals surface area contributed by atoms with Crippen LogP contribution in [0.5, 0.6) is 0 Å². The second-order valence-electron chi connectivity index (χ2n) is 7.41. The van der Waals surface area contributed by atoms with E-state index >= 15 is 0 Å². The van der Waals surface area contributed by atoms with E-state index < -0.39 is 0 Å². The van der Waals surface area contributed by atoms with Gasteiger partial charge in [-0.15, -0.1) is 0 Å². The first-order valence-electron chi connectivity index (χ1n) is 9.75. The van der Waals surface area contributed by atoms with E-state index in [4.69, 9.17) is 4.74 Å². The van der Waals surface area contributed by atoms with Crippen LogP contribution in [0.25, 0.3) is 0 Å². The minimum absolute atomic E-state index is 0.0402. The molecule has 0 spiro atoms. The van der Waals surface area contributed by atoms with E-state index in [1.54, 1.807) is 0 Å². The number of ether oxygens (including phenoxy) is 1. The van der Waals surface area contributed by atoms with Gasteiger partial charge < -0.3 is 10.1 Å². The summed E-state index contributed by atoms with van der Waals surface area (Å²) in [5.41, 5.74) is 2.51. The smallest absolute Gasteiger partial charge is 0.306 e. The number of hydrogen-bond acceptors (Lipinski definition) is 3. The van der Waals surface area contributed by atoms with Gasteiger partial charge in [-0.05, 0) is 42.7 Å². The number of hydrogen-bond donors (Lipinski definition) is 1. The molecule has 1 amide bonds. The van der Waals surface area contributed by atoms with Crippen LogP contribution < -0.4 is 5.32 Å². The average molecular weight is 343 g/mol. The van der Waals surface area contributed by atoms with E-state index in [9.17, 15) is 9.59 Å². The minimum atomic E-state index is -0.246. The summed E-state index contributed by atoms with van der Waals surface area (Å²) in [6.45, 7) is -0.165. The molecular weight excluding hydrogens is 314 g/mol. The van der Waals surface area contributed by atoms with Crippen LogP contribution in [0.4, 0.5) is 0 Å². The van der Waals surface area contributed by atoms with E-state index in [2.05, 4.69) is 17.4 Å². The summed E-state index contributed by atoms with van der Waals surface area (Å²) in [4.78, 5) is 24.0. The molecule has 0 bridgehead atoms. The van der Waals surface area contributed by atoms with E-state index in [-0.39, 0.29) is 24.5 Å². The van der Waals surface area contributed by atoms with Crippen LogP contribution in [0, 0.1) is 5.92 Å². The van der Waals surface area contributed by atoms with Crippen LogP contribution in [-0.4, -0.2) is 18.5 Å². The second-order valence-corrected chi connectivity index (χ2v) is 7.41. The van der Waals surface area contributed by atoms with Crippen LogP contribution in [0.3, 0.4) is 0 Å². The summed E-state index contributed by atoms with van der Waals surface area (Å²) in [6, 6.07) is 8.29. The quantitative estimate of drug-likeness (QED) is 0.792. The molecule has 2 aliphatic carbocycles. The third-order valence-electron chi connectivity index (χ3n) is 5.55. The largest absolute Gasteiger partial charge is 0.456 e. The van der Waals surface area contributed by atoms with Crippen molar-refractivity contribution in [3.05, 3.63) is 35.4 Å². The van der Waals surface area contributed by atoms with Crippen molar-refractivity contribution in [2.24, 2.45) is 5.92 Å². The van der Waals surface area contributed by atoms with Crippen molar-refractivity contribution in [3.63, 3.8) is 0 Å². The fourth-order valence-corrected chi connectivity index (χ4v) is 4.16. The van der Waals surface area contributed by atoms with Gasteiger partial charge in [-0.2, -0.15) is 0 Å². The van der Waals surface area contributed by atoms with Crippen LogP contribution >= 0.6 is 0 Å². The fraction of sp³-hybridized carbons (Fsp3) is 0.619. The highest BCUT2D eigenvalue weighted by molar-refractivity contribution is 5.80. The molecule has 1 atom stereocenters. The molecule has 4 nitrogen and oxygen atoms in total. The number of aryl methyl sites for hydroxylation is 1. The summed E-state index contributed by atoms with van der Waals surface area (Å²) < 4.78 is 5.17. The predicted octanol–water partition coefficient (Wildman–Crippen LogP) is 4.08. The van der Waals surface area contributed by atoms with E-state index in [0.717, 1.165) is 25.7 Å². The number of amides is 1. The minimum Gasteiger partial charge on any atom is -0.456 e. The number of benzene rings is 1. The molecule has 1 aromatic rings. The Labute approximate surface area is 150 Å². The van der Waals surface area contributed by atoms with Crippen molar-refractivity contribution in [1.29, 1.82) is 0 Å². The highest BCUT2D eigenvalue weighted by Gasteiger charge is 2.22. The maximum atomic E-state index is 12.1. The van der Waals surface area contributed by atoms with Crippen LogP contribution in [-0.2, 0) is 20.7 Å². The van der Waals surface area contributed by atoms with Crippen molar-refractivity contribution in [2.45, 2.75) is 70.3 Å². The van der Waals surface area contributed by atoms with Crippen molar-refractivity contribution in [1.82, 2.24) is 5.32 Å². The number of esters is 1. The Hall–Kier alpha value is -1.84. The maximum Gasteiger partial charge on any atom is 0.306 e.